The van der Waals surface area contributed by atoms with Gasteiger partial charge in [0.15, 0.2) is 5.78 Å². The van der Waals surface area contributed by atoms with Gasteiger partial charge in [-0.3, -0.25) is 14.1 Å². The molecule has 0 fully saturated rings. The van der Waals surface area contributed by atoms with Crippen LogP contribution in [0.1, 0.15) is 6.92 Å². The van der Waals surface area contributed by atoms with Gasteiger partial charge in [0.05, 0.1) is 10.8 Å². The fourth-order valence-corrected chi connectivity index (χ4v) is 1.75. The van der Waals surface area contributed by atoms with Crippen molar-refractivity contribution in [2.45, 2.75) is 11.8 Å². The molecule has 0 bridgehead atoms. The van der Waals surface area contributed by atoms with Crippen LogP contribution in [0.3, 0.4) is 0 Å². The van der Waals surface area contributed by atoms with Gasteiger partial charge in [0, 0.05) is 5.69 Å². The number of amides is 1. The molecule has 1 rings (SSSR count). The lowest BCUT2D eigenvalue weighted by atomic mass is 10.1. The zero-order valence-corrected chi connectivity index (χ0v) is 11.0. The van der Waals surface area contributed by atoms with E-state index in [1.807, 2.05) is 0 Å². The van der Waals surface area contributed by atoms with Gasteiger partial charge in [-0.15, -0.1) is 0 Å². The molecular formula is C12H13NO5S. The minimum absolute atomic E-state index is 0.277. The second-order valence-electron chi connectivity index (χ2n) is 3.82. The Hall–Kier alpha value is -1.99. The summed E-state index contributed by atoms with van der Waals surface area (Å²) < 4.78 is 30.4. The molecule has 19 heavy (non-hydrogen) atoms. The summed E-state index contributed by atoms with van der Waals surface area (Å²) in [6, 6.07) is 4.91. The Morgan fingerprint density at radius 3 is 2.26 bits per heavy atom. The molecule has 2 N–H and O–H groups in total. The molecule has 1 aromatic carbocycles. The van der Waals surface area contributed by atoms with Gasteiger partial charge < -0.3 is 5.32 Å². The van der Waals surface area contributed by atoms with Crippen LogP contribution < -0.4 is 5.32 Å². The summed E-state index contributed by atoms with van der Waals surface area (Å²) in [5.41, 5.74) is 0.320. The lowest BCUT2D eigenvalue weighted by Gasteiger charge is -2.09. The van der Waals surface area contributed by atoms with Gasteiger partial charge in [-0.25, -0.2) is 0 Å². The maximum Gasteiger partial charge on any atom is 0.294 e. The molecule has 1 amide bonds. The number of nitrogens with one attached hydrogen (secondary N) is 1. The van der Waals surface area contributed by atoms with Crippen molar-refractivity contribution >= 4 is 27.5 Å². The van der Waals surface area contributed by atoms with E-state index in [-0.39, 0.29) is 4.90 Å². The molecule has 1 unspecified atom stereocenters. The zero-order valence-electron chi connectivity index (χ0n) is 10.2. The molecular weight excluding hydrogens is 270 g/mol. The van der Waals surface area contributed by atoms with Gasteiger partial charge >= 0.3 is 0 Å². The SMILES string of the molecule is C=CC(=O)C(C)C(=O)Nc1ccc(S(=O)(=O)O)cc1. The van der Waals surface area contributed by atoms with E-state index in [4.69, 9.17) is 4.55 Å². The summed E-state index contributed by atoms with van der Waals surface area (Å²) in [5, 5.41) is 2.45. The highest BCUT2D eigenvalue weighted by Crippen LogP contribution is 2.14. The van der Waals surface area contributed by atoms with Crippen LogP contribution in [0.15, 0.2) is 41.8 Å². The Morgan fingerprint density at radius 1 is 1.32 bits per heavy atom. The third kappa shape index (κ3) is 4.01. The van der Waals surface area contributed by atoms with Crippen molar-refractivity contribution in [1.29, 1.82) is 0 Å². The van der Waals surface area contributed by atoms with Crippen LogP contribution in [0, 0.1) is 5.92 Å². The molecule has 1 atom stereocenters. The third-order valence-electron chi connectivity index (χ3n) is 2.44. The van der Waals surface area contributed by atoms with Crippen LogP contribution in [-0.4, -0.2) is 24.7 Å². The van der Waals surface area contributed by atoms with E-state index in [1.54, 1.807) is 0 Å². The molecule has 0 radical (unpaired) electrons. The van der Waals surface area contributed by atoms with Crippen LogP contribution in [0.25, 0.3) is 0 Å². The molecule has 0 aliphatic heterocycles. The summed E-state index contributed by atoms with van der Waals surface area (Å²) in [7, 11) is -4.26. The van der Waals surface area contributed by atoms with E-state index in [2.05, 4.69) is 11.9 Å². The van der Waals surface area contributed by atoms with Gasteiger partial charge in [-0.1, -0.05) is 6.58 Å². The van der Waals surface area contributed by atoms with Crippen molar-refractivity contribution in [3.63, 3.8) is 0 Å². The number of anilines is 1. The van der Waals surface area contributed by atoms with Crippen molar-refractivity contribution in [3.05, 3.63) is 36.9 Å². The number of carbonyl (C=O) groups is 2. The Balaban J connectivity index is 2.82. The normalized spacial score (nSPS) is 12.5. The van der Waals surface area contributed by atoms with Crippen LogP contribution in [-0.2, 0) is 19.7 Å². The average molecular weight is 283 g/mol. The average Bonchev–Trinajstić information content (AvgIpc) is 2.36. The molecule has 7 heteroatoms. The summed E-state index contributed by atoms with van der Waals surface area (Å²) >= 11 is 0. The number of hydrogen-bond acceptors (Lipinski definition) is 4. The molecule has 0 aliphatic rings. The van der Waals surface area contributed by atoms with Crippen molar-refractivity contribution in [1.82, 2.24) is 0 Å². The second kappa shape index (κ2) is 5.77. The highest BCUT2D eigenvalue weighted by Gasteiger charge is 2.19. The number of allylic oxidation sites excluding steroid dienone is 1. The quantitative estimate of drug-likeness (QED) is 0.481. The van der Waals surface area contributed by atoms with Crippen molar-refractivity contribution in [2.24, 2.45) is 5.92 Å². The molecule has 0 aliphatic carbocycles. The highest BCUT2D eigenvalue weighted by atomic mass is 32.2. The number of carbonyl (C=O) groups excluding carboxylic acids is 2. The van der Waals surface area contributed by atoms with Crippen molar-refractivity contribution < 1.29 is 22.6 Å². The molecule has 102 valence electrons. The van der Waals surface area contributed by atoms with E-state index in [0.29, 0.717) is 5.69 Å². The number of benzene rings is 1. The van der Waals surface area contributed by atoms with Crippen LogP contribution in [0.4, 0.5) is 5.69 Å². The first kappa shape index (κ1) is 15.1. The van der Waals surface area contributed by atoms with Gasteiger partial charge in [-0.05, 0) is 37.3 Å². The van der Waals surface area contributed by atoms with E-state index in [0.717, 1.165) is 18.2 Å². The summed E-state index contributed by atoms with van der Waals surface area (Å²) in [5.74, 6) is -1.81. The Bertz CT molecular complexity index is 604. The molecule has 0 saturated heterocycles. The van der Waals surface area contributed by atoms with Gasteiger partial charge in [-0.2, -0.15) is 8.42 Å². The largest absolute Gasteiger partial charge is 0.325 e. The highest BCUT2D eigenvalue weighted by molar-refractivity contribution is 7.85. The molecule has 0 aromatic heterocycles. The summed E-state index contributed by atoms with van der Waals surface area (Å²) in [6.45, 7) is 4.72. The minimum atomic E-state index is -4.26. The molecule has 0 spiro atoms. The van der Waals surface area contributed by atoms with E-state index < -0.39 is 27.7 Å². The monoisotopic (exact) mass is 283 g/mol. The number of rotatable bonds is 5. The van der Waals surface area contributed by atoms with E-state index >= 15 is 0 Å². The Kier molecular flexibility index (Phi) is 4.57. The third-order valence-corrected chi connectivity index (χ3v) is 3.31. The number of ketones is 1. The summed E-state index contributed by atoms with van der Waals surface area (Å²) in [6.07, 6.45) is 1.06. The molecule has 0 saturated carbocycles. The minimum Gasteiger partial charge on any atom is -0.325 e. The van der Waals surface area contributed by atoms with Gasteiger partial charge in [0.2, 0.25) is 5.91 Å². The maximum atomic E-state index is 11.6. The Labute approximate surface area is 110 Å². The molecule has 1 aromatic rings. The van der Waals surface area contributed by atoms with Crippen LogP contribution >= 0.6 is 0 Å². The first-order chi connectivity index (χ1) is 8.75. The van der Waals surface area contributed by atoms with Crippen LogP contribution in [0.5, 0.6) is 0 Å². The Morgan fingerprint density at radius 2 is 1.84 bits per heavy atom. The fraction of sp³-hybridized carbons (Fsp3) is 0.167. The zero-order chi connectivity index (χ0) is 14.6. The predicted molar refractivity (Wildman–Crippen MR) is 69.3 cm³/mol. The standard InChI is InChI=1S/C12H13NO5S/c1-3-11(14)8(2)12(15)13-9-4-6-10(7-5-9)19(16,17)18/h3-8H,1H2,2H3,(H,13,15)(H,16,17,18). The van der Waals surface area contributed by atoms with E-state index in [1.165, 1.54) is 19.1 Å². The lowest BCUT2D eigenvalue weighted by Crippen LogP contribution is -2.26. The first-order valence-corrected chi connectivity index (χ1v) is 6.74. The van der Waals surface area contributed by atoms with Crippen molar-refractivity contribution in [3.8, 4) is 0 Å². The topological polar surface area (TPSA) is 101 Å². The maximum absolute atomic E-state index is 11.6. The van der Waals surface area contributed by atoms with Crippen molar-refractivity contribution in [2.75, 3.05) is 5.32 Å². The predicted octanol–water partition coefficient (Wildman–Crippen LogP) is 1.26. The fourth-order valence-electron chi connectivity index (χ4n) is 1.27. The molecule has 0 heterocycles. The smallest absolute Gasteiger partial charge is 0.294 e. The van der Waals surface area contributed by atoms with Gasteiger partial charge in [0.1, 0.15) is 0 Å². The number of hydrogen-bond donors (Lipinski definition) is 2. The van der Waals surface area contributed by atoms with Gasteiger partial charge in [0.25, 0.3) is 10.1 Å². The van der Waals surface area contributed by atoms with Crippen LogP contribution in [0.2, 0.25) is 0 Å². The van der Waals surface area contributed by atoms with E-state index in [9.17, 15) is 18.0 Å². The molecule has 6 nitrogen and oxygen atoms in total. The summed E-state index contributed by atoms with van der Waals surface area (Å²) in [4.78, 5) is 22.6. The lowest BCUT2D eigenvalue weighted by molar-refractivity contribution is -0.127. The second-order valence-corrected chi connectivity index (χ2v) is 5.24. The first-order valence-electron chi connectivity index (χ1n) is 5.30.